The van der Waals surface area contributed by atoms with Crippen LogP contribution in [0.4, 0.5) is 0 Å². The number of carbonyl (C=O) groups is 2. The van der Waals surface area contributed by atoms with Gasteiger partial charge in [-0.2, -0.15) is 0 Å². The van der Waals surface area contributed by atoms with Crippen LogP contribution in [0.3, 0.4) is 0 Å². The molecule has 1 N–H and O–H groups in total. The summed E-state index contributed by atoms with van der Waals surface area (Å²) >= 11 is 0. The lowest BCUT2D eigenvalue weighted by atomic mass is 9.74. The number of ether oxygens (including phenoxy) is 4. The van der Waals surface area contributed by atoms with Crippen LogP contribution in [-0.2, 0) is 27.5 Å². The molecule has 0 atom stereocenters. The number of esters is 1. The normalized spacial score (nSPS) is 19.6. The summed E-state index contributed by atoms with van der Waals surface area (Å²) < 4.78 is 22.5. The van der Waals surface area contributed by atoms with Crippen molar-refractivity contribution in [2.24, 2.45) is 5.41 Å². The lowest BCUT2D eigenvalue weighted by Crippen LogP contribution is -2.37. The van der Waals surface area contributed by atoms with Crippen molar-refractivity contribution in [1.82, 2.24) is 0 Å². The Balaban J connectivity index is 1.40. The summed E-state index contributed by atoms with van der Waals surface area (Å²) in [5, 5.41) is 11.8. The number of carbonyl (C=O) groups excluding carboxylic acids is 1. The van der Waals surface area contributed by atoms with Gasteiger partial charge >= 0.3 is 11.9 Å². The first-order valence-electron chi connectivity index (χ1n) is 12.1. The van der Waals surface area contributed by atoms with Crippen LogP contribution in [0.25, 0.3) is 10.8 Å². The molecule has 36 heavy (non-hydrogen) atoms. The molecule has 0 unspecified atom stereocenters. The number of methoxy groups -OCH3 is 2. The van der Waals surface area contributed by atoms with Gasteiger partial charge in [-0.1, -0.05) is 42.5 Å². The molecule has 1 saturated carbocycles. The highest BCUT2D eigenvalue weighted by molar-refractivity contribution is 5.91. The minimum atomic E-state index is -1.09. The van der Waals surface area contributed by atoms with Gasteiger partial charge in [0.2, 0.25) is 0 Å². The molecule has 1 fully saturated rings. The summed E-state index contributed by atoms with van der Waals surface area (Å²) in [6, 6.07) is 17.2. The van der Waals surface area contributed by atoms with Gasteiger partial charge in [0, 0.05) is 12.7 Å². The van der Waals surface area contributed by atoms with Gasteiger partial charge in [-0.25, -0.2) is 4.79 Å². The van der Waals surface area contributed by atoms with Gasteiger partial charge in [-0.3, -0.25) is 4.79 Å². The van der Waals surface area contributed by atoms with Crippen LogP contribution < -0.4 is 9.47 Å². The van der Waals surface area contributed by atoms with Gasteiger partial charge in [0.05, 0.1) is 25.2 Å². The van der Waals surface area contributed by atoms with Crippen LogP contribution in [0.15, 0.2) is 54.6 Å². The average Bonchev–Trinajstić information content (AvgIpc) is 2.89. The molecule has 0 aliphatic heterocycles. The Hall–Kier alpha value is -3.58. The molecular weight excluding hydrogens is 460 g/mol. The highest BCUT2D eigenvalue weighted by Crippen LogP contribution is 2.40. The fraction of sp³-hybridized carbons (Fsp3) is 0.379. The molecule has 0 spiro atoms. The van der Waals surface area contributed by atoms with Crippen molar-refractivity contribution in [3.63, 3.8) is 0 Å². The van der Waals surface area contributed by atoms with E-state index in [0.717, 1.165) is 16.3 Å². The summed E-state index contributed by atoms with van der Waals surface area (Å²) in [5.74, 6) is -0.577. The number of carboxylic acids is 1. The van der Waals surface area contributed by atoms with Gasteiger partial charge in [0.15, 0.2) is 0 Å². The summed E-state index contributed by atoms with van der Waals surface area (Å²) in [4.78, 5) is 24.7. The minimum Gasteiger partial charge on any atom is -0.496 e. The van der Waals surface area contributed by atoms with Gasteiger partial charge in [-0.15, -0.1) is 0 Å². The first-order valence-corrected chi connectivity index (χ1v) is 12.1. The number of benzene rings is 3. The maximum absolute atomic E-state index is 13.1. The fourth-order valence-electron chi connectivity index (χ4n) is 4.78. The van der Waals surface area contributed by atoms with E-state index in [0.29, 0.717) is 37.0 Å². The van der Waals surface area contributed by atoms with E-state index >= 15 is 0 Å². The predicted molar refractivity (Wildman–Crippen MR) is 135 cm³/mol. The quantitative estimate of drug-likeness (QED) is 0.380. The molecule has 1 aliphatic carbocycles. The third-order valence-corrected chi connectivity index (χ3v) is 6.97. The Morgan fingerprint density at radius 3 is 2.36 bits per heavy atom. The lowest BCUT2D eigenvalue weighted by molar-refractivity contribution is -0.159. The van der Waals surface area contributed by atoms with Crippen LogP contribution >= 0.6 is 0 Å². The van der Waals surface area contributed by atoms with Crippen LogP contribution in [-0.4, -0.2) is 37.4 Å². The topological polar surface area (TPSA) is 91.3 Å². The Kier molecular flexibility index (Phi) is 7.79. The van der Waals surface area contributed by atoms with Gasteiger partial charge < -0.3 is 24.1 Å². The molecule has 0 bridgehead atoms. The largest absolute Gasteiger partial charge is 0.496 e. The molecule has 7 heteroatoms. The van der Waals surface area contributed by atoms with Crippen molar-refractivity contribution in [2.75, 3.05) is 14.2 Å². The van der Waals surface area contributed by atoms with Crippen LogP contribution in [0.1, 0.15) is 54.1 Å². The number of aromatic carboxylic acids is 1. The van der Waals surface area contributed by atoms with E-state index in [2.05, 4.69) is 0 Å². The van der Waals surface area contributed by atoms with Gasteiger partial charge in [0.25, 0.3) is 0 Å². The zero-order valence-electron chi connectivity index (χ0n) is 20.9. The lowest BCUT2D eigenvalue weighted by Gasteiger charge is -2.35. The summed E-state index contributed by atoms with van der Waals surface area (Å²) in [7, 11) is 3.00. The second-order valence-corrected chi connectivity index (χ2v) is 9.49. The molecule has 0 saturated heterocycles. The van der Waals surface area contributed by atoms with Crippen LogP contribution in [0.5, 0.6) is 11.5 Å². The number of rotatable bonds is 9. The van der Waals surface area contributed by atoms with Crippen molar-refractivity contribution in [3.05, 3.63) is 71.3 Å². The summed E-state index contributed by atoms with van der Waals surface area (Å²) in [6.45, 7) is 2.44. The monoisotopic (exact) mass is 492 g/mol. The first kappa shape index (κ1) is 25.5. The second-order valence-electron chi connectivity index (χ2n) is 9.49. The number of hydrogen-bond acceptors (Lipinski definition) is 6. The van der Waals surface area contributed by atoms with Crippen molar-refractivity contribution in [3.8, 4) is 11.5 Å². The number of carboxylic acid groups (broad SMARTS) is 1. The summed E-state index contributed by atoms with van der Waals surface area (Å²) in [5.41, 5.74) is 1.14. The minimum absolute atomic E-state index is 0.0324. The molecule has 0 heterocycles. The van der Waals surface area contributed by atoms with Gasteiger partial charge in [-0.05, 0) is 61.1 Å². The zero-order valence-corrected chi connectivity index (χ0v) is 20.9. The van der Waals surface area contributed by atoms with E-state index in [9.17, 15) is 14.7 Å². The molecule has 3 aromatic carbocycles. The Morgan fingerprint density at radius 1 is 0.944 bits per heavy atom. The van der Waals surface area contributed by atoms with Crippen molar-refractivity contribution < 1.29 is 33.6 Å². The van der Waals surface area contributed by atoms with Crippen LogP contribution in [0.2, 0.25) is 0 Å². The highest BCUT2D eigenvalue weighted by Gasteiger charge is 2.40. The molecule has 7 nitrogen and oxygen atoms in total. The Morgan fingerprint density at radius 2 is 1.67 bits per heavy atom. The Labute approximate surface area is 210 Å². The average molecular weight is 493 g/mol. The van der Waals surface area contributed by atoms with Crippen molar-refractivity contribution in [1.29, 1.82) is 0 Å². The molecule has 0 radical (unpaired) electrons. The molecule has 0 aromatic heterocycles. The molecule has 1 aliphatic rings. The van der Waals surface area contributed by atoms with Crippen molar-refractivity contribution >= 4 is 22.7 Å². The zero-order chi connectivity index (χ0) is 25.7. The standard InChI is InChI=1S/C29H32O7/c1-29(28(32)35-18-20-9-6-8-19-7-4-5-10-23(19)20)13-11-22(12-14-29)36-25-16-24(27(30)31)26(34-3)15-21(25)17-33-2/h4-10,15-16,22H,11-14,17-18H2,1-3H3,(H,30,31)/t22-,29+. The molecule has 190 valence electrons. The van der Waals surface area contributed by atoms with E-state index in [4.69, 9.17) is 18.9 Å². The van der Waals surface area contributed by atoms with E-state index in [-0.39, 0.29) is 36.6 Å². The molecule has 4 rings (SSSR count). The van der Waals surface area contributed by atoms with E-state index in [1.165, 1.54) is 13.2 Å². The van der Waals surface area contributed by atoms with E-state index in [1.54, 1.807) is 13.2 Å². The molecular formula is C29H32O7. The van der Waals surface area contributed by atoms with Crippen LogP contribution in [0, 0.1) is 5.41 Å². The maximum Gasteiger partial charge on any atom is 0.339 e. The summed E-state index contributed by atoms with van der Waals surface area (Å²) in [6.07, 6.45) is 2.40. The van der Waals surface area contributed by atoms with E-state index in [1.807, 2.05) is 49.4 Å². The molecule has 3 aromatic rings. The first-order chi connectivity index (χ1) is 17.3. The highest BCUT2D eigenvalue weighted by atomic mass is 16.5. The van der Waals surface area contributed by atoms with Crippen molar-refractivity contribution in [2.45, 2.75) is 51.9 Å². The third kappa shape index (κ3) is 5.46. The predicted octanol–water partition coefficient (Wildman–Crippen LogP) is 5.76. The number of hydrogen-bond donors (Lipinski definition) is 1. The van der Waals surface area contributed by atoms with E-state index < -0.39 is 11.4 Å². The maximum atomic E-state index is 13.1. The fourth-order valence-corrected chi connectivity index (χ4v) is 4.78. The second kappa shape index (κ2) is 11.0. The Bertz CT molecular complexity index is 1240. The molecule has 0 amide bonds. The third-order valence-electron chi connectivity index (χ3n) is 6.97. The smallest absolute Gasteiger partial charge is 0.339 e. The number of fused-ring (bicyclic) bond motifs is 1. The SMILES string of the molecule is COCc1cc(OC)c(C(=O)O)cc1O[C@H]1CC[C@@](C)(C(=O)OCc2cccc3ccccc23)CC1. The van der Waals surface area contributed by atoms with Gasteiger partial charge in [0.1, 0.15) is 23.7 Å².